The number of rotatable bonds is 8. The second-order valence-electron chi connectivity index (χ2n) is 10.1. The zero-order valence-electron chi connectivity index (χ0n) is 21.6. The number of hydrogen-bond donors (Lipinski definition) is 1. The maximum absolute atomic E-state index is 13.9. The number of fused-ring (bicyclic) bond motifs is 1. The number of carbonyl (C=O) groups excluding carboxylic acids is 1. The molecule has 3 aromatic carbocycles. The topological polar surface area (TPSA) is 85.3 Å². The molecule has 3 aromatic rings. The van der Waals surface area contributed by atoms with Crippen molar-refractivity contribution in [3.05, 3.63) is 95.1 Å². The molecule has 0 bridgehead atoms. The Hall–Kier alpha value is -3.84. The number of benzene rings is 3. The molecule has 194 valence electrons. The fourth-order valence-electron chi connectivity index (χ4n) is 4.51. The highest BCUT2D eigenvalue weighted by Crippen LogP contribution is 2.40. The lowest BCUT2D eigenvalue weighted by molar-refractivity contribution is -0.164. The van der Waals surface area contributed by atoms with E-state index < -0.39 is 23.7 Å². The predicted molar refractivity (Wildman–Crippen MR) is 139 cm³/mol. The van der Waals surface area contributed by atoms with Crippen molar-refractivity contribution < 1.29 is 28.9 Å². The van der Waals surface area contributed by atoms with Crippen LogP contribution in [0.3, 0.4) is 0 Å². The number of carbonyl (C=O) groups is 2. The number of nitrogens with zero attached hydrogens (tertiary/aromatic N) is 1. The Morgan fingerprint density at radius 3 is 2.24 bits per heavy atom. The molecule has 0 fully saturated rings. The van der Waals surface area contributed by atoms with Crippen LogP contribution >= 0.6 is 0 Å². The lowest BCUT2D eigenvalue weighted by Gasteiger charge is -2.38. The van der Waals surface area contributed by atoms with Gasteiger partial charge in [-0.2, -0.15) is 0 Å². The van der Waals surface area contributed by atoms with Crippen LogP contribution in [0.4, 0.5) is 0 Å². The van der Waals surface area contributed by atoms with E-state index in [2.05, 4.69) is 0 Å². The van der Waals surface area contributed by atoms with Crippen LogP contribution in [0, 0.1) is 0 Å². The minimum Gasteiger partial charge on any atom is -0.493 e. The van der Waals surface area contributed by atoms with Crippen molar-refractivity contribution in [1.82, 2.24) is 4.90 Å². The van der Waals surface area contributed by atoms with Gasteiger partial charge in [0, 0.05) is 18.5 Å². The van der Waals surface area contributed by atoms with Crippen LogP contribution < -0.4 is 9.47 Å². The summed E-state index contributed by atoms with van der Waals surface area (Å²) in [5.74, 6) is -0.440. The first-order valence-electron chi connectivity index (χ1n) is 12.3. The third-order valence-electron chi connectivity index (χ3n) is 6.25. The Bertz CT molecular complexity index is 1240. The molecule has 0 aliphatic carbocycles. The number of amides is 1. The van der Waals surface area contributed by atoms with Crippen LogP contribution in [-0.2, 0) is 33.9 Å². The summed E-state index contributed by atoms with van der Waals surface area (Å²) in [5, 5.41) is 10.2. The van der Waals surface area contributed by atoms with Gasteiger partial charge in [0.2, 0.25) is 0 Å². The smallest absolute Gasteiger partial charge is 0.326 e. The Morgan fingerprint density at radius 1 is 1.00 bits per heavy atom. The van der Waals surface area contributed by atoms with Gasteiger partial charge >= 0.3 is 5.97 Å². The van der Waals surface area contributed by atoms with E-state index in [4.69, 9.17) is 14.2 Å². The van der Waals surface area contributed by atoms with E-state index in [-0.39, 0.29) is 18.9 Å². The summed E-state index contributed by atoms with van der Waals surface area (Å²) in [6.07, 6.45) is -0.842. The summed E-state index contributed by atoms with van der Waals surface area (Å²) in [6, 6.07) is 21.5. The van der Waals surface area contributed by atoms with Crippen molar-refractivity contribution in [2.75, 3.05) is 7.11 Å². The summed E-state index contributed by atoms with van der Waals surface area (Å²) in [7, 11) is 1.55. The van der Waals surface area contributed by atoms with Gasteiger partial charge < -0.3 is 24.2 Å². The molecular formula is C30H33NO6. The second-order valence-corrected chi connectivity index (χ2v) is 10.1. The van der Waals surface area contributed by atoms with Crippen LogP contribution in [0.5, 0.6) is 11.5 Å². The molecule has 7 heteroatoms. The fraction of sp³-hybridized carbons (Fsp3) is 0.333. The normalized spacial score (nSPS) is 16.0. The summed E-state index contributed by atoms with van der Waals surface area (Å²) < 4.78 is 17.9. The van der Waals surface area contributed by atoms with Crippen molar-refractivity contribution in [2.24, 2.45) is 0 Å². The molecule has 2 atom stereocenters. The third kappa shape index (κ3) is 6.12. The van der Waals surface area contributed by atoms with Crippen LogP contribution in [-0.4, -0.2) is 40.6 Å². The van der Waals surface area contributed by atoms with E-state index >= 15 is 0 Å². The molecule has 37 heavy (non-hydrogen) atoms. The summed E-state index contributed by atoms with van der Waals surface area (Å²) >= 11 is 0. The molecule has 1 amide bonds. The van der Waals surface area contributed by atoms with Crippen LogP contribution in [0.1, 0.15) is 49.1 Å². The zero-order valence-corrected chi connectivity index (χ0v) is 21.6. The molecule has 1 N–H and O–H groups in total. The summed E-state index contributed by atoms with van der Waals surface area (Å²) in [4.78, 5) is 27.8. The highest BCUT2D eigenvalue weighted by atomic mass is 16.5. The van der Waals surface area contributed by atoms with Gasteiger partial charge in [-0.05, 0) is 43.5 Å². The van der Waals surface area contributed by atoms with Crippen molar-refractivity contribution in [2.45, 2.75) is 58.1 Å². The quantitative estimate of drug-likeness (QED) is 0.457. The van der Waals surface area contributed by atoms with Crippen molar-refractivity contribution in [3.63, 3.8) is 0 Å². The van der Waals surface area contributed by atoms with Gasteiger partial charge in [-0.15, -0.1) is 0 Å². The maximum atomic E-state index is 13.9. The van der Waals surface area contributed by atoms with Gasteiger partial charge in [0.1, 0.15) is 12.6 Å². The predicted octanol–water partition coefficient (Wildman–Crippen LogP) is 5.17. The minimum atomic E-state index is -1.08. The average molecular weight is 504 g/mol. The Morgan fingerprint density at radius 2 is 1.65 bits per heavy atom. The maximum Gasteiger partial charge on any atom is 0.326 e. The van der Waals surface area contributed by atoms with Crippen LogP contribution in [0.25, 0.3) is 0 Å². The second kappa shape index (κ2) is 11.0. The van der Waals surface area contributed by atoms with Gasteiger partial charge in [0.15, 0.2) is 17.6 Å². The molecule has 0 saturated carbocycles. The SMILES string of the molecule is COc1ccc2c(c1OCc1ccccc1)C[C@H](C(=O)O)N(C(=O)[C@@H](OC(C)(C)C)c1ccccc1)C2. The number of carboxylic acid groups (broad SMARTS) is 1. The van der Waals surface area contributed by atoms with E-state index in [1.54, 1.807) is 13.2 Å². The van der Waals surface area contributed by atoms with E-state index in [0.29, 0.717) is 23.7 Å². The average Bonchev–Trinajstić information content (AvgIpc) is 2.89. The molecule has 0 saturated heterocycles. The molecule has 1 aliphatic rings. The zero-order chi connectivity index (χ0) is 26.6. The fourth-order valence-corrected chi connectivity index (χ4v) is 4.51. The Labute approximate surface area is 217 Å². The standard InChI is InChI=1S/C30H33NO6/c1-30(2,3)37-26(21-13-9-6-10-14-21)28(32)31-18-22-15-16-25(35-4)27(23(22)17-24(31)29(33)34)36-19-20-11-7-5-8-12-20/h5-16,24,26H,17-19H2,1-4H3,(H,33,34)/t24-,26+/m1/s1. The van der Waals surface area contributed by atoms with Gasteiger partial charge in [-0.25, -0.2) is 4.79 Å². The third-order valence-corrected chi connectivity index (χ3v) is 6.25. The van der Waals surface area contributed by atoms with Gasteiger partial charge in [-0.1, -0.05) is 66.7 Å². The van der Waals surface area contributed by atoms with Gasteiger partial charge in [0.25, 0.3) is 5.91 Å². The summed E-state index contributed by atoms with van der Waals surface area (Å²) in [5.41, 5.74) is 2.60. The molecule has 0 unspecified atom stereocenters. The minimum absolute atomic E-state index is 0.0920. The van der Waals surface area contributed by atoms with Crippen molar-refractivity contribution in [3.8, 4) is 11.5 Å². The molecule has 0 aromatic heterocycles. The van der Waals surface area contributed by atoms with Crippen LogP contribution in [0.15, 0.2) is 72.8 Å². The molecule has 1 heterocycles. The number of carboxylic acids is 1. The van der Waals surface area contributed by atoms with E-state index in [1.807, 2.05) is 87.5 Å². The molecular weight excluding hydrogens is 470 g/mol. The Balaban J connectivity index is 1.69. The highest BCUT2D eigenvalue weighted by molar-refractivity contribution is 5.88. The number of hydrogen-bond acceptors (Lipinski definition) is 5. The monoisotopic (exact) mass is 503 g/mol. The lowest BCUT2D eigenvalue weighted by atomic mass is 9.91. The van der Waals surface area contributed by atoms with Crippen molar-refractivity contribution in [1.29, 1.82) is 0 Å². The highest BCUT2D eigenvalue weighted by Gasteiger charge is 2.41. The van der Waals surface area contributed by atoms with Crippen LogP contribution in [0.2, 0.25) is 0 Å². The molecule has 0 spiro atoms. The Kier molecular flexibility index (Phi) is 7.83. The first kappa shape index (κ1) is 26.2. The van der Waals surface area contributed by atoms with Crippen molar-refractivity contribution >= 4 is 11.9 Å². The molecule has 1 aliphatic heterocycles. The first-order chi connectivity index (χ1) is 17.7. The van der Waals surface area contributed by atoms with Gasteiger partial charge in [-0.3, -0.25) is 4.79 Å². The first-order valence-corrected chi connectivity index (χ1v) is 12.3. The summed E-state index contributed by atoms with van der Waals surface area (Å²) in [6.45, 7) is 6.05. The lowest BCUT2D eigenvalue weighted by Crippen LogP contribution is -2.51. The van der Waals surface area contributed by atoms with E-state index in [1.165, 1.54) is 4.90 Å². The van der Waals surface area contributed by atoms with E-state index in [9.17, 15) is 14.7 Å². The molecule has 4 rings (SSSR count). The number of ether oxygens (including phenoxy) is 3. The number of methoxy groups -OCH3 is 1. The van der Waals surface area contributed by atoms with Gasteiger partial charge in [0.05, 0.1) is 12.7 Å². The van der Waals surface area contributed by atoms with E-state index in [0.717, 1.165) is 16.7 Å². The molecule has 0 radical (unpaired) electrons. The number of aliphatic carboxylic acids is 1. The largest absolute Gasteiger partial charge is 0.493 e. The molecule has 7 nitrogen and oxygen atoms in total.